The quantitative estimate of drug-likeness (QED) is 0.399. The van der Waals surface area contributed by atoms with E-state index >= 15 is 0 Å². The Labute approximate surface area is 175 Å². The van der Waals surface area contributed by atoms with E-state index < -0.39 is 10.0 Å². The third-order valence-corrected chi connectivity index (χ3v) is 7.84. The van der Waals surface area contributed by atoms with Gasteiger partial charge >= 0.3 is 0 Å². The standard InChI is InChI=1S/C18H17N3O5S3/c22-15(16-5-2-10-27-16)12-28-18-20-19-17(26-18)13-3-1-4-14(11-13)29(23,24)21-6-8-25-9-7-21/h1-5,10-11H,6-9,12H2. The Hall–Kier alpha value is -2.05. The molecule has 0 unspecified atom stereocenters. The van der Waals surface area contributed by atoms with Crippen molar-refractivity contribution in [1.29, 1.82) is 0 Å². The lowest BCUT2D eigenvalue weighted by Crippen LogP contribution is -2.40. The molecule has 152 valence electrons. The minimum atomic E-state index is -3.62. The summed E-state index contributed by atoms with van der Waals surface area (Å²) in [4.78, 5) is 12.9. The third-order valence-electron chi connectivity index (χ3n) is 4.22. The van der Waals surface area contributed by atoms with E-state index in [0.717, 1.165) is 11.8 Å². The summed E-state index contributed by atoms with van der Waals surface area (Å²) in [5.74, 6) is 0.381. The number of carbonyl (C=O) groups is 1. The highest BCUT2D eigenvalue weighted by molar-refractivity contribution is 7.99. The molecule has 0 aliphatic carbocycles. The molecule has 1 aliphatic rings. The number of hydrogen-bond donors (Lipinski definition) is 0. The number of morpholine rings is 1. The number of rotatable bonds is 7. The van der Waals surface area contributed by atoms with Crippen LogP contribution in [-0.2, 0) is 14.8 Å². The number of nitrogens with zero attached hydrogens (tertiary/aromatic N) is 3. The van der Waals surface area contributed by atoms with Crippen LogP contribution in [0.4, 0.5) is 0 Å². The number of ether oxygens (including phenoxy) is 1. The van der Waals surface area contributed by atoms with E-state index in [-0.39, 0.29) is 27.5 Å². The molecule has 4 rings (SSSR count). The van der Waals surface area contributed by atoms with E-state index in [0.29, 0.717) is 36.7 Å². The Morgan fingerprint density at radius 1 is 1.17 bits per heavy atom. The van der Waals surface area contributed by atoms with Crippen molar-refractivity contribution in [2.75, 3.05) is 32.1 Å². The Morgan fingerprint density at radius 3 is 2.76 bits per heavy atom. The van der Waals surface area contributed by atoms with Crippen LogP contribution < -0.4 is 0 Å². The summed E-state index contributed by atoms with van der Waals surface area (Å²) in [7, 11) is -3.62. The van der Waals surface area contributed by atoms with Gasteiger partial charge in [-0.3, -0.25) is 4.79 Å². The van der Waals surface area contributed by atoms with Crippen LogP contribution in [0, 0.1) is 0 Å². The number of sulfonamides is 1. The molecular formula is C18H17N3O5S3. The van der Waals surface area contributed by atoms with E-state index in [1.807, 2.05) is 11.4 Å². The maximum atomic E-state index is 12.8. The Kier molecular flexibility index (Phi) is 6.11. The molecule has 1 saturated heterocycles. The molecule has 1 aliphatic heterocycles. The van der Waals surface area contributed by atoms with E-state index in [9.17, 15) is 13.2 Å². The highest BCUT2D eigenvalue weighted by atomic mass is 32.2. The fraction of sp³-hybridized carbons (Fsp3) is 0.278. The van der Waals surface area contributed by atoms with Gasteiger partial charge in [-0.25, -0.2) is 8.42 Å². The van der Waals surface area contributed by atoms with Crippen LogP contribution in [0.3, 0.4) is 0 Å². The summed E-state index contributed by atoms with van der Waals surface area (Å²) in [6.07, 6.45) is 0. The van der Waals surface area contributed by atoms with Gasteiger partial charge in [-0.2, -0.15) is 4.31 Å². The zero-order chi connectivity index (χ0) is 20.3. The molecule has 8 nitrogen and oxygen atoms in total. The highest BCUT2D eigenvalue weighted by Crippen LogP contribution is 2.27. The number of benzene rings is 1. The van der Waals surface area contributed by atoms with Crippen molar-refractivity contribution < 1.29 is 22.4 Å². The largest absolute Gasteiger partial charge is 0.411 e. The molecule has 29 heavy (non-hydrogen) atoms. The van der Waals surface area contributed by atoms with Crippen molar-refractivity contribution in [1.82, 2.24) is 14.5 Å². The molecule has 0 amide bonds. The molecule has 0 bridgehead atoms. The van der Waals surface area contributed by atoms with Crippen molar-refractivity contribution in [3.8, 4) is 11.5 Å². The average molecular weight is 452 g/mol. The summed E-state index contributed by atoms with van der Waals surface area (Å²) in [6.45, 7) is 1.42. The van der Waals surface area contributed by atoms with Crippen LogP contribution in [0.1, 0.15) is 9.67 Å². The number of thioether (sulfide) groups is 1. The molecule has 0 radical (unpaired) electrons. The molecule has 0 atom stereocenters. The van der Waals surface area contributed by atoms with Crippen molar-refractivity contribution in [3.05, 3.63) is 46.7 Å². The first-order valence-corrected chi connectivity index (χ1v) is 12.1. The van der Waals surface area contributed by atoms with Gasteiger partial charge in [-0.15, -0.1) is 21.5 Å². The third kappa shape index (κ3) is 4.59. The van der Waals surface area contributed by atoms with Gasteiger partial charge in [0.05, 0.1) is 28.7 Å². The Bertz CT molecular complexity index is 1090. The number of ketones is 1. The lowest BCUT2D eigenvalue weighted by molar-refractivity contribution is 0.0730. The topological polar surface area (TPSA) is 103 Å². The minimum Gasteiger partial charge on any atom is -0.411 e. The van der Waals surface area contributed by atoms with Gasteiger partial charge in [-0.05, 0) is 29.6 Å². The molecule has 1 fully saturated rings. The van der Waals surface area contributed by atoms with Crippen LogP contribution in [-0.4, -0.2) is 60.8 Å². The summed E-state index contributed by atoms with van der Waals surface area (Å²) in [5.41, 5.74) is 0.503. The first-order chi connectivity index (χ1) is 14.0. The van der Waals surface area contributed by atoms with Gasteiger partial charge in [0.15, 0.2) is 5.78 Å². The molecule has 1 aromatic carbocycles. The number of aromatic nitrogens is 2. The van der Waals surface area contributed by atoms with Gasteiger partial charge in [0, 0.05) is 18.7 Å². The Balaban J connectivity index is 1.48. The second-order valence-electron chi connectivity index (χ2n) is 6.11. The normalized spacial score (nSPS) is 15.4. The summed E-state index contributed by atoms with van der Waals surface area (Å²) in [5, 5.41) is 10.0. The predicted octanol–water partition coefficient (Wildman–Crippen LogP) is 2.79. The monoisotopic (exact) mass is 451 g/mol. The van der Waals surface area contributed by atoms with Gasteiger partial charge in [-0.1, -0.05) is 23.9 Å². The van der Waals surface area contributed by atoms with Crippen LogP contribution in [0.5, 0.6) is 0 Å². The van der Waals surface area contributed by atoms with Gasteiger partial charge < -0.3 is 9.15 Å². The molecule has 2 aromatic heterocycles. The van der Waals surface area contributed by atoms with Crippen LogP contribution in [0.15, 0.2) is 56.3 Å². The molecule has 0 N–H and O–H groups in total. The molecule has 3 aromatic rings. The first-order valence-electron chi connectivity index (χ1n) is 8.75. The van der Waals surface area contributed by atoms with Gasteiger partial charge in [0.25, 0.3) is 5.22 Å². The number of Topliss-reactive ketones (excluding diaryl/α,β-unsaturated/α-hetero) is 1. The molecule has 0 saturated carbocycles. The molecule has 0 spiro atoms. The SMILES string of the molecule is O=C(CSc1nnc(-c2cccc(S(=O)(=O)N3CCOCC3)c2)o1)c1cccs1. The zero-order valence-corrected chi connectivity index (χ0v) is 17.6. The fourth-order valence-corrected chi connectivity index (χ4v) is 5.60. The minimum absolute atomic E-state index is 0.0108. The maximum absolute atomic E-state index is 12.8. The van der Waals surface area contributed by atoms with E-state index in [1.54, 1.807) is 24.3 Å². The fourth-order valence-electron chi connectivity index (χ4n) is 2.75. The van der Waals surface area contributed by atoms with Crippen LogP contribution >= 0.6 is 23.1 Å². The average Bonchev–Trinajstić information content (AvgIpc) is 3.45. The molecule has 3 heterocycles. The van der Waals surface area contributed by atoms with Crippen molar-refractivity contribution in [3.63, 3.8) is 0 Å². The van der Waals surface area contributed by atoms with Gasteiger partial charge in [0.1, 0.15) is 0 Å². The van der Waals surface area contributed by atoms with Crippen molar-refractivity contribution >= 4 is 38.9 Å². The Morgan fingerprint density at radius 2 is 2.00 bits per heavy atom. The number of carbonyl (C=O) groups excluding carboxylic acids is 1. The van der Waals surface area contributed by atoms with E-state index in [2.05, 4.69) is 10.2 Å². The lowest BCUT2D eigenvalue weighted by Gasteiger charge is -2.26. The van der Waals surface area contributed by atoms with Crippen LogP contribution in [0.2, 0.25) is 0 Å². The lowest BCUT2D eigenvalue weighted by atomic mass is 10.2. The van der Waals surface area contributed by atoms with Crippen molar-refractivity contribution in [2.45, 2.75) is 10.1 Å². The number of hydrogen-bond acceptors (Lipinski definition) is 9. The van der Waals surface area contributed by atoms with Gasteiger partial charge in [0.2, 0.25) is 15.9 Å². The van der Waals surface area contributed by atoms with E-state index in [1.165, 1.54) is 21.7 Å². The second-order valence-corrected chi connectivity index (χ2v) is 9.92. The molecule has 11 heteroatoms. The predicted molar refractivity (Wildman–Crippen MR) is 109 cm³/mol. The maximum Gasteiger partial charge on any atom is 0.277 e. The summed E-state index contributed by atoms with van der Waals surface area (Å²) in [6, 6.07) is 10.00. The van der Waals surface area contributed by atoms with E-state index in [4.69, 9.17) is 9.15 Å². The first kappa shape index (κ1) is 20.2. The summed E-state index contributed by atoms with van der Waals surface area (Å²) >= 11 is 2.54. The van der Waals surface area contributed by atoms with Crippen LogP contribution in [0.25, 0.3) is 11.5 Å². The molecular weight excluding hydrogens is 434 g/mol. The summed E-state index contributed by atoms with van der Waals surface area (Å²) < 4.78 is 37.9. The smallest absolute Gasteiger partial charge is 0.277 e. The van der Waals surface area contributed by atoms with Crippen molar-refractivity contribution in [2.24, 2.45) is 0 Å². The zero-order valence-electron chi connectivity index (χ0n) is 15.2. The number of thiophene rings is 1. The highest BCUT2D eigenvalue weighted by Gasteiger charge is 2.27. The second kappa shape index (κ2) is 8.76.